The Labute approximate surface area is 114 Å². The van der Waals surface area contributed by atoms with Gasteiger partial charge in [0.05, 0.1) is 0 Å². The van der Waals surface area contributed by atoms with Gasteiger partial charge in [-0.15, -0.1) is 0 Å². The van der Waals surface area contributed by atoms with Crippen LogP contribution < -0.4 is 0 Å². The summed E-state index contributed by atoms with van der Waals surface area (Å²) < 4.78 is 0. The molecule has 104 valence electrons. The number of hydrogen-bond acceptors (Lipinski definition) is 0. The second kappa shape index (κ2) is 5.55. The van der Waals surface area contributed by atoms with Crippen molar-refractivity contribution in [1.82, 2.24) is 0 Å². The Bertz CT molecular complexity index is 257. The van der Waals surface area contributed by atoms with Gasteiger partial charge in [-0.25, -0.2) is 0 Å². The molecule has 0 aromatic rings. The molecule has 0 N–H and O–H groups in total. The van der Waals surface area contributed by atoms with Crippen LogP contribution in [-0.2, 0) is 0 Å². The average Bonchev–Trinajstić information content (AvgIpc) is 2.85. The molecule has 2 atom stereocenters. The van der Waals surface area contributed by atoms with Gasteiger partial charge in [-0.05, 0) is 55.3 Å². The summed E-state index contributed by atoms with van der Waals surface area (Å²) in [6, 6.07) is 0. The standard InChI is InChI=1S/C18H32/c1-18(17-10-6-3-7-11-17)13-12-16(14-18)15-8-4-2-5-9-15/h15-17H,2-14H2,1H3. The minimum absolute atomic E-state index is 0.739. The third-order valence-corrected chi connectivity index (χ3v) is 6.72. The zero-order valence-corrected chi connectivity index (χ0v) is 12.4. The van der Waals surface area contributed by atoms with E-state index in [9.17, 15) is 0 Å². The average molecular weight is 248 g/mol. The molecule has 3 fully saturated rings. The fourth-order valence-corrected chi connectivity index (χ4v) is 5.50. The second-order valence-corrected chi connectivity index (χ2v) is 7.89. The Hall–Kier alpha value is 0. The molecule has 0 heterocycles. The maximum Gasteiger partial charge on any atom is -0.0295 e. The topological polar surface area (TPSA) is 0 Å². The van der Waals surface area contributed by atoms with Gasteiger partial charge in [0.15, 0.2) is 0 Å². The van der Waals surface area contributed by atoms with Crippen molar-refractivity contribution >= 4 is 0 Å². The lowest BCUT2D eigenvalue weighted by Crippen LogP contribution is -2.27. The van der Waals surface area contributed by atoms with Crippen LogP contribution in [0, 0.1) is 23.2 Å². The lowest BCUT2D eigenvalue weighted by molar-refractivity contribution is 0.127. The summed E-state index contributed by atoms with van der Waals surface area (Å²) in [5.41, 5.74) is 0.739. The van der Waals surface area contributed by atoms with E-state index in [1.807, 2.05) is 0 Å². The van der Waals surface area contributed by atoms with E-state index in [1.165, 1.54) is 38.5 Å². The van der Waals surface area contributed by atoms with E-state index < -0.39 is 0 Å². The molecule has 0 aliphatic heterocycles. The van der Waals surface area contributed by atoms with Crippen LogP contribution >= 0.6 is 0 Å². The molecule has 3 saturated carbocycles. The molecule has 18 heavy (non-hydrogen) atoms. The smallest absolute Gasteiger partial charge is 0.0295 e. The first-order chi connectivity index (χ1) is 8.78. The molecule has 0 aromatic heterocycles. The SMILES string of the molecule is CC1(C2CCCCC2)CCC(C2CCCCC2)C1. The Morgan fingerprint density at radius 3 is 1.94 bits per heavy atom. The fourth-order valence-electron chi connectivity index (χ4n) is 5.50. The van der Waals surface area contributed by atoms with E-state index in [0.29, 0.717) is 0 Å². The molecule has 2 unspecified atom stereocenters. The lowest BCUT2D eigenvalue weighted by Gasteiger charge is -2.38. The van der Waals surface area contributed by atoms with Gasteiger partial charge in [0.25, 0.3) is 0 Å². The molecular formula is C18H32. The highest BCUT2D eigenvalue weighted by atomic mass is 14.5. The first-order valence-corrected chi connectivity index (χ1v) is 8.78. The predicted octanol–water partition coefficient (Wildman–Crippen LogP) is 5.95. The third-order valence-electron chi connectivity index (χ3n) is 6.72. The minimum atomic E-state index is 0.739. The summed E-state index contributed by atoms with van der Waals surface area (Å²) in [6.45, 7) is 2.64. The monoisotopic (exact) mass is 248 g/mol. The largest absolute Gasteiger partial charge is 0.0594 e. The van der Waals surface area contributed by atoms with E-state index in [2.05, 4.69) is 6.92 Å². The molecule has 0 heteroatoms. The molecular weight excluding hydrogens is 216 g/mol. The molecule has 3 aliphatic carbocycles. The minimum Gasteiger partial charge on any atom is -0.0594 e. The zero-order valence-electron chi connectivity index (χ0n) is 12.4. The van der Waals surface area contributed by atoms with Gasteiger partial charge < -0.3 is 0 Å². The van der Waals surface area contributed by atoms with Crippen LogP contribution in [0.1, 0.15) is 90.4 Å². The van der Waals surface area contributed by atoms with Crippen molar-refractivity contribution in [2.75, 3.05) is 0 Å². The van der Waals surface area contributed by atoms with Crippen LogP contribution in [0.4, 0.5) is 0 Å². The van der Waals surface area contributed by atoms with Crippen molar-refractivity contribution in [3.63, 3.8) is 0 Å². The van der Waals surface area contributed by atoms with Gasteiger partial charge in [-0.1, -0.05) is 58.3 Å². The Kier molecular flexibility index (Phi) is 4.01. The van der Waals surface area contributed by atoms with Crippen LogP contribution in [0.2, 0.25) is 0 Å². The molecule has 3 aliphatic rings. The van der Waals surface area contributed by atoms with Crippen molar-refractivity contribution in [2.24, 2.45) is 23.2 Å². The highest BCUT2D eigenvalue weighted by Crippen LogP contribution is 2.54. The van der Waals surface area contributed by atoms with Gasteiger partial charge in [-0.3, -0.25) is 0 Å². The Morgan fingerprint density at radius 1 is 0.667 bits per heavy atom. The summed E-state index contributed by atoms with van der Waals surface area (Å²) in [7, 11) is 0. The number of hydrogen-bond donors (Lipinski definition) is 0. The summed E-state index contributed by atoms with van der Waals surface area (Å²) in [4.78, 5) is 0. The first-order valence-electron chi connectivity index (χ1n) is 8.78. The van der Waals surface area contributed by atoms with Crippen molar-refractivity contribution in [3.05, 3.63) is 0 Å². The summed E-state index contributed by atoms with van der Waals surface area (Å²) >= 11 is 0. The van der Waals surface area contributed by atoms with Gasteiger partial charge in [0, 0.05) is 0 Å². The van der Waals surface area contributed by atoms with E-state index in [-0.39, 0.29) is 0 Å². The van der Waals surface area contributed by atoms with E-state index in [4.69, 9.17) is 0 Å². The predicted molar refractivity (Wildman–Crippen MR) is 78.6 cm³/mol. The quantitative estimate of drug-likeness (QED) is 0.566. The van der Waals surface area contributed by atoms with Gasteiger partial charge in [0.2, 0.25) is 0 Å². The first kappa shape index (κ1) is 13.0. The van der Waals surface area contributed by atoms with Crippen LogP contribution in [-0.4, -0.2) is 0 Å². The molecule has 0 radical (unpaired) electrons. The van der Waals surface area contributed by atoms with Gasteiger partial charge >= 0.3 is 0 Å². The van der Waals surface area contributed by atoms with Gasteiger partial charge in [-0.2, -0.15) is 0 Å². The second-order valence-electron chi connectivity index (χ2n) is 7.89. The maximum absolute atomic E-state index is 2.64. The summed E-state index contributed by atoms with van der Waals surface area (Å²) in [6.07, 6.45) is 20.1. The number of rotatable bonds is 2. The fraction of sp³-hybridized carbons (Fsp3) is 1.00. The van der Waals surface area contributed by atoms with Crippen LogP contribution in [0.25, 0.3) is 0 Å². The molecule has 3 rings (SSSR count). The van der Waals surface area contributed by atoms with Crippen molar-refractivity contribution in [2.45, 2.75) is 90.4 Å². The molecule has 0 aromatic carbocycles. The van der Waals surface area contributed by atoms with E-state index in [1.54, 1.807) is 44.9 Å². The molecule has 0 nitrogen and oxygen atoms in total. The highest BCUT2D eigenvalue weighted by Gasteiger charge is 2.43. The molecule has 0 amide bonds. The van der Waals surface area contributed by atoms with Crippen LogP contribution in [0.3, 0.4) is 0 Å². The summed E-state index contributed by atoms with van der Waals surface area (Å²) in [5.74, 6) is 3.31. The highest BCUT2D eigenvalue weighted by molar-refractivity contribution is 4.94. The summed E-state index contributed by atoms with van der Waals surface area (Å²) in [5, 5.41) is 0. The lowest BCUT2D eigenvalue weighted by atomic mass is 9.67. The zero-order chi connectivity index (χ0) is 12.4. The van der Waals surface area contributed by atoms with Crippen LogP contribution in [0.15, 0.2) is 0 Å². The molecule has 0 bridgehead atoms. The third kappa shape index (κ3) is 2.63. The van der Waals surface area contributed by atoms with Crippen molar-refractivity contribution in [1.29, 1.82) is 0 Å². The van der Waals surface area contributed by atoms with E-state index in [0.717, 1.165) is 23.2 Å². The molecule has 0 spiro atoms. The molecule has 0 saturated heterocycles. The Balaban J connectivity index is 1.58. The van der Waals surface area contributed by atoms with Gasteiger partial charge in [0.1, 0.15) is 0 Å². The normalized spacial score (nSPS) is 40.2. The van der Waals surface area contributed by atoms with Crippen LogP contribution in [0.5, 0.6) is 0 Å². The van der Waals surface area contributed by atoms with Crippen molar-refractivity contribution < 1.29 is 0 Å². The van der Waals surface area contributed by atoms with E-state index >= 15 is 0 Å². The maximum atomic E-state index is 2.64. The Morgan fingerprint density at radius 2 is 1.28 bits per heavy atom. The van der Waals surface area contributed by atoms with Crippen molar-refractivity contribution in [3.8, 4) is 0 Å².